The lowest BCUT2D eigenvalue weighted by atomic mass is 9.91. The standard InChI is InChI=1S/C18H24N2S/c1-21-13-10-9-12(11-13)19-17-8-4-6-15-14-5-2-3-7-16(14)20-18(15)17/h2-3,5,7,12-13,17,19-20H,4,6,8-11H2,1H3. The summed E-state index contributed by atoms with van der Waals surface area (Å²) >= 11 is 2.04. The lowest BCUT2D eigenvalue weighted by Crippen LogP contribution is -2.33. The normalized spacial score (nSPS) is 28.9. The van der Waals surface area contributed by atoms with Crippen LogP contribution < -0.4 is 5.32 Å². The minimum atomic E-state index is 0.534. The molecule has 0 aliphatic heterocycles. The number of fused-ring (bicyclic) bond motifs is 3. The number of para-hydroxylation sites is 1. The minimum Gasteiger partial charge on any atom is -0.357 e. The molecule has 3 heteroatoms. The van der Waals surface area contributed by atoms with Crippen molar-refractivity contribution in [2.75, 3.05) is 6.26 Å². The molecule has 3 atom stereocenters. The molecule has 2 aliphatic rings. The molecule has 112 valence electrons. The molecular formula is C18H24N2S. The zero-order valence-electron chi connectivity index (χ0n) is 12.7. The van der Waals surface area contributed by atoms with Crippen LogP contribution in [0.1, 0.15) is 49.4 Å². The van der Waals surface area contributed by atoms with Gasteiger partial charge in [-0.2, -0.15) is 11.8 Å². The van der Waals surface area contributed by atoms with Gasteiger partial charge in [0, 0.05) is 33.9 Å². The molecule has 2 aromatic rings. The molecule has 1 aromatic carbocycles. The Bertz CT molecular complexity index is 633. The fourth-order valence-corrected chi connectivity index (χ4v) is 4.97. The number of nitrogens with one attached hydrogen (secondary N) is 2. The van der Waals surface area contributed by atoms with E-state index >= 15 is 0 Å². The van der Waals surface area contributed by atoms with Gasteiger partial charge in [-0.15, -0.1) is 0 Å². The van der Waals surface area contributed by atoms with Gasteiger partial charge in [0.05, 0.1) is 0 Å². The summed E-state index contributed by atoms with van der Waals surface area (Å²) in [6, 6.07) is 10.0. The Morgan fingerprint density at radius 1 is 1.19 bits per heavy atom. The van der Waals surface area contributed by atoms with Crippen molar-refractivity contribution in [3.63, 3.8) is 0 Å². The molecule has 0 bridgehead atoms. The van der Waals surface area contributed by atoms with Gasteiger partial charge in [0.1, 0.15) is 0 Å². The maximum atomic E-state index is 3.95. The summed E-state index contributed by atoms with van der Waals surface area (Å²) in [5.41, 5.74) is 4.34. The molecular weight excluding hydrogens is 276 g/mol. The van der Waals surface area contributed by atoms with Crippen molar-refractivity contribution in [1.82, 2.24) is 10.3 Å². The highest BCUT2D eigenvalue weighted by molar-refractivity contribution is 7.99. The molecule has 21 heavy (non-hydrogen) atoms. The molecule has 0 amide bonds. The van der Waals surface area contributed by atoms with Crippen LogP contribution >= 0.6 is 11.8 Å². The predicted octanol–water partition coefficient (Wildman–Crippen LogP) is 4.42. The van der Waals surface area contributed by atoms with Crippen LogP contribution in [0.4, 0.5) is 0 Å². The van der Waals surface area contributed by atoms with E-state index in [2.05, 4.69) is 40.8 Å². The van der Waals surface area contributed by atoms with Crippen molar-refractivity contribution in [3.8, 4) is 0 Å². The first kappa shape index (κ1) is 13.7. The average molecular weight is 300 g/mol. The summed E-state index contributed by atoms with van der Waals surface area (Å²) in [6.45, 7) is 0. The van der Waals surface area contributed by atoms with Crippen molar-refractivity contribution in [1.29, 1.82) is 0 Å². The molecule has 2 N–H and O–H groups in total. The Morgan fingerprint density at radius 3 is 2.95 bits per heavy atom. The fraction of sp³-hybridized carbons (Fsp3) is 0.556. The number of aryl methyl sites for hydroxylation is 1. The van der Waals surface area contributed by atoms with Gasteiger partial charge in [0.2, 0.25) is 0 Å². The van der Waals surface area contributed by atoms with Gasteiger partial charge in [-0.3, -0.25) is 0 Å². The molecule has 3 unspecified atom stereocenters. The molecule has 1 saturated carbocycles. The maximum absolute atomic E-state index is 3.95. The van der Waals surface area contributed by atoms with E-state index in [-0.39, 0.29) is 0 Å². The number of H-pyrrole nitrogens is 1. The van der Waals surface area contributed by atoms with Gasteiger partial charge < -0.3 is 10.3 Å². The predicted molar refractivity (Wildman–Crippen MR) is 92.1 cm³/mol. The van der Waals surface area contributed by atoms with Crippen molar-refractivity contribution in [2.45, 2.75) is 55.9 Å². The fourth-order valence-electron chi connectivity index (χ4n) is 4.17. The molecule has 1 aromatic heterocycles. The van der Waals surface area contributed by atoms with Crippen LogP contribution in [0.25, 0.3) is 10.9 Å². The summed E-state index contributed by atoms with van der Waals surface area (Å²) in [6.07, 6.45) is 10.1. The molecule has 1 fully saturated rings. The average Bonchev–Trinajstić information content (AvgIpc) is 3.12. The molecule has 0 spiro atoms. The number of hydrogen-bond donors (Lipinski definition) is 2. The first-order valence-electron chi connectivity index (χ1n) is 8.23. The van der Waals surface area contributed by atoms with E-state index in [1.807, 2.05) is 11.8 Å². The molecule has 0 saturated heterocycles. The number of rotatable bonds is 3. The van der Waals surface area contributed by atoms with Gasteiger partial charge >= 0.3 is 0 Å². The Kier molecular flexibility index (Phi) is 3.72. The van der Waals surface area contributed by atoms with Crippen molar-refractivity contribution >= 4 is 22.7 Å². The van der Waals surface area contributed by atoms with Crippen molar-refractivity contribution < 1.29 is 0 Å². The third-order valence-electron chi connectivity index (χ3n) is 5.27. The zero-order valence-corrected chi connectivity index (χ0v) is 13.5. The first-order valence-corrected chi connectivity index (χ1v) is 9.52. The second-order valence-corrected chi connectivity index (χ2v) is 7.68. The van der Waals surface area contributed by atoms with Crippen LogP contribution in [0.3, 0.4) is 0 Å². The van der Waals surface area contributed by atoms with Gasteiger partial charge in [0.25, 0.3) is 0 Å². The lowest BCUT2D eigenvalue weighted by Gasteiger charge is -2.27. The van der Waals surface area contributed by atoms with Crippen LogP contribution in [0.2, 0.25) is 0 Å². The smallest absolute Gasteiger partial charge is 0.0478 e. The quantitative estimate of drug-likeness (QED) is 0.878. The van der Waals surface area contributed by atoms with Gasteiger partial charge in [0.15, 0.2) is 0 Å². The van der Waals surface area contributed by atoms with E-state index in [0.717, 1.165) is 5.25 Å². The monoisotopic (exact) mass is 300 g/mol. The van der Waals surface area contributed by atoms with Crippen molar-refractivity contribution in [2.24, 2.45) is 0 Å². The van der Waals surface area contributed by atoms with E-state index in [9.17, 15) is 0 Å². The Labute approximate surface area is 131 Å². The summed E-state index contributed by atoms with van der Waals surface area (Å²) in [4.78, 5) is 3.70. The van der Waals surface area contributed by atoms with E-state index in [4.69, 9.17) is 0 Å². The minimum absolute atomic E-state index is 0.534. The molecule has 0 radical (unpaired) electrons. The third kappa shape index (κ3) is 2.51. The number of thioether (sulfide) groups is 1. The van der Waals surface area contributed by atoms with Crippen molar-refractivity contribution in [3.05, 3.63) is 35.5 Å². The topological polar surface area (TPSA) is 27.8 Å². The van der Waals surface area contributed by atoms with E-state index in [1.165, 1.54) is 55.1 Å². The summed E-state index contributed by atoms with van der Waals surface area (Å²) in [5.74, 6) is 0. The van der Waals surface area contributed by atoms with Gasteiger partial charge in [-0.1, -0.05) is 18.2 Å². The van der Waals surface area contributed by atoms with Crippen LogP contribution in [-0.4, -0.2) is 22.5 Å². The van der Waals surface area contributed by atoms with E-state index < -0.39 is 0 Å². The molecule has 2 nitrogen and oxygen atoms in total. The van der Waals surface area contributed by atoms with E-state index in [1.54, 1.807) is 5.56 Å². The number of aromatic amines is 1. The second-order valence-electron chi connectivity index (χ2n) is 6.54. The Morgan fingerprint density at radius 2 is 2.10 bits per heavy atom. The highest BCUT2D eigenvalue weighted by atomic mass is 32.2. The maximum Gasteiger partial charge on any atom is 0.0478 e. The number of aromatic nitrogens is 1. The highest BCUT2D eigenvalue weighted by Crippen LogP contribution is 2.36. The van der Waals surface area contributed by atoms with Gasteiger partial charge in [-0.25, -0.2) is 0 Å². The van der Waals surface area contributed by atoms with Crippen LogP contribution in [0.15, 0.2) is 24.3 Å². The Balaban J connectivity index is 1.59. The molecule has 2 aliphatic carbocycles. The largest absolute Gasteiger partial charge is 0.357 e. The summed E-state index contributed by atoms with van der Waals surface area (Å²) < 4.78 is 0. The van der Waals surface area contributed by atoms with Gasteiger partial charge in [-0.05, 0) is 56.4 Å². The zero-order chi connectivity index (χ0) is 14.2. The lowest BCUT2D eigenvalue weighted by molar-refractivity contribution is 0.393. The first-order chi connectivity index (χ1) is 10.3. The second kappa shape index (κ2) is 5.69. The van der Waals surface area contributed by atoms with E-state index in [0.29, 0.717) is 12.1 Å². The van der Waals surface area contributed by atoms with Crippen LogP contribution in [-0.2, 0) is 6.42 Å². The molecule has 1 heterocycles. The number of benzene rings is 1. The number of hydrogen-bond acceptors (Lipinski definition) is 2. The van der Waals surface area contributed by atoms with Crippen LogP contribution in [0.5, 0.6) is 0 Å². The summed E-state index contributed by atoms with van der Waals surface area (Å²) in [5, 5.41) is 6.26. The van der Waals surface area contributed by atoms with Crippen LogP contribution in [0, 0.1) is 0 Å². The highest BCUT2D eigenvalue weighted by Gasteiger charge is 2.29. The SMILES string of the molecule is CSC1CCC(NC2CCCc3c2[nH]c2ccccc32)C1. The molecule has 4 rings (SSSR count). The Hall–Kier alpha value is -0.930. The summed E-state index contributed by atoms with van der Waals surface area (Å²) in [7, 11) is 0. The third-order valence-corrected chi connectivity index (χ3v) is 6.36.